The molecule has 1 atom stereocenters. The number of nitrogens with one attached hydrogen (secondary N) is 1. The first-order valence-corrected chi connectivity index (χ1v) is 9.25. The van der Waals surface area contributed by atoms with Crippen molar-refractivity contribution in [1.82, 2.24) is 15.3 Å². The van der Waals surface area contributed by atoms with Gasteiger partial charge in [0.25, 0.3) is 0 Å². The second-order valence-corrected chi connectivity index (χ2v) is 7.23. The monoisotopic (exact) mass is 330 g/mol. The van der Waals surface area contributed by atoms with Gasteiger partial charge in [0, 0.05) is 44.5 Å². The second kappa shape index (κ2) is 7.05. The summed E-state index contributed by atoms with van der Waals surface area (Å²) in [5, 5.41) is 3.22. The van der Waals surface area contributed by atoms with Crippen LogP contribution in [0.4, 0.5) is 5.82 Å². The zero-order chi connectivity index (χ0) is 16.4. The topological polar surface area (TPSA) is 67.3 Å². The summed E-state index contributed by atoms with van der Waals surface area (Å²) in [4.78, 5) is 24.0. The molecule has 1 aliphatic carbocycles. The summed E-state index contributed by atoms with van der Waals surface area (Å²) < 4.78 is 5.36. The average molecular weight is 330 g/mol. The first kappa shape index (κ1) is 15.8. The van der Waals surface area contributed by atoms with Crippen molar-refractivity contribution >= 4 is 11.7 Å². The van der Waals surface area contributed by atoms with Crippen LogP contribution in [0.3, 0.4) is 0 Å². The minimum absolute atomic E-state index is 0.0564. The quantitative estimate of drug-likeness (QED) is 0.913. The van der Waals surface area contributed by atoms with Gasteiger partial charge >= 0.3 is 0 Å². The van der Waals surface area contributed by atoms with Crippen LogP contribution in [0, 0.1) is 5.92 Å². The zero-order valence-electron chi connectivity index (χ0n) is 14.1. The van der Waals surface area contributed by atoms with Crippen LogP contribution in [0.15, 0.2) is 12.3 Å². The van der Waals surface area contributed by atoms with E-state index in [1.807, 2.05) is 12.3 Å². The van der Waals surface area contributed by atoms with E-state index in [1.165, 1.54) is 12.8 Å². The van der Waals surface area contributed by atoms with Gasteiger partial charge < -0.3 is 15.0 Å². The van der Waals surface area contributed by atoms with E-state index in [1.54, 1.807) is 0 Å². The highest BCUT2D eigenvalue weighted by molar-refractivity contribution is 5.79. The third-order valence-corrected chi connectivity index (χ3v) is 5.29. The Labute approximate surface area is 143 Å². The molecule has 0 bridgehead atoms. The van der Waals surface area contributed by atoms with Crippen LogP contribution in [0.2, 0.25) is 0 Å². The maximum Gasteiger partial charge on any atom is 0.225 e. The van der Waals surface area contributed by atoms with Crippen LogP contribution in [0.25, 0.3) is 0 Å². The number of ether oxygens (including phenoxy) is 1. The smallest absolute Gasteiger partial charge is 0.225 e. The van der Waals surface area contributed by atoms with Gasteiger partial charge in [0.1, 0.15) is 11.6 Å². The third kappa shape index (κ3) is 3.69. The van der Waals surface area contributed by atoms with E-state index in [4.69, 9.17) is 9.72 Å². The summed E-state index contributed by atoms with van der Waals surface area (Å²) in [5.74, 6) is 2.77. The van der Waals surface area contributed by atoms with Crippen molar-refractivity contribution in [3.63, 3.8) is 0 Å². The summed E-state index contributed by atoms with van der Waals surface area (Å²) >= 11 is 0. The lowest BCUT2D eigenvalue weighted by molar-refractivity contribution is -0.126. The van der Waals surface area contributed by atoms with Crippen LogP contribution in [0.1, 0.15) is 50.3 Å². The Morgan fingerprint density at radius 3 is 2.83 bits per heavy atom. The van der Waals surface area contributed by atoms with Gasteiger partial charge in [0.15, 0.2) is 0 Å². The Morgan fingerprint density at radius 1 is 1.21 bits per heavy atom. The Kier molecular flexibility index (Phi) is 4.65. The van der Waals surface area contributed by atoms with Gasteiger partial charge in [-0.3, -0.25) is 4.79 Å². The second-order valence-electron chi connectivity index (χ2n) is 7.23. The number of piperidine rings is 1. The van der Waals surface area contributed by atoms with E-state index in [0.29, 0.717) is 5.92 Å². The molecule has 4 rings (SSSR count). The highest BCUT2D eigenvalue weighted by Gasteiger charge is 2.30. The van der Waals surface area contributed by atoms with Crippen LogP contribution in [0.5, 0.6) is 0 Å². The maximum atomic E-state index is 12.6. The highest BCUT2D eigenvalue weighted by Crippen LogP contribution is 2.38. The summed E-state index contributed by atoms with van der Waals surface area (Å²) in [7, 11) is 0. The van der Waals surface area contributed by atoms with Gasteiger partial charge in [0.2, 0.25) is 5.91 Å². The van der Waals surface area contributed by atoms with E-state index in [-0.39, 0.29) is 17.9 Å². The number of hydrogen-bond donors (Lipinski definition) is 1. The Morgan fingerprint density at radius 2 is 2.04 bits per heavy atom. The van der Waals surface area contributed by atoms with E-state index < -0.39 is 0 Å². The molecule has 1 amide bonds. The fraction of sp³-hybridized carbons (Fsp3) is 0.722. The molecule has 3 aliphatic rings. The van der Waals surface area contributed by atoms with Crippen molar-refractivity contribution in [3.8, 4) is 0 Å². The standard InChI is InChI=1S/C18H26N4O2/c23-18(20-15-6-10-24-11-7-15)14-2-1-9-22(12-14)16-5-8-19-17(21-16)13-3-4-13/h5,8,13-15H,1-4,6-7,9-12H2,(H,20,23). The summed E-state index contributed by atoms with van der Waals surface area (Å²) in [5.41, 5.74) is 0. The number of rotatable bonds is 4. The van der Waals surface area contributed by atoms with Crippen molar-refractivity contribution in [2.45, 2.75) is 50.5 Å². The van der Waals surface area contributed by atoms with Crippen molar-refractivity contribution in [1.29, 1.82) is 0 Å². The van der Waals surface area contributed by atoms with Gasteiger partial charge in [-0.15, -0.1) is 0 Å². The molecule has 6 heteroatoms. The molecule has 3 fully saturated rings. The number of carbonyl (C=O) groups is 1. The predicted molar refractivity (Wildman–Crippen MR) is 90.9 cm³/mol. The van der Waals surface area contributed by atoms with Gasteiger partial charge in [0.05, 0.1) is 5.92 Å². The average Bonchev–Trinajstić information content (AvgIpc) is 3.48. The lowest BCUT2D eigenvalue weighted by Crippen LogP contribution is -2.47. The van der Waals surface area contributed by atoms with Gasteiger partial charge in [-0.1, -0.05) is 0 Å². The van der Waals surface area contributed by atoms with Gasteiger partial charge in [-0.2, -0.15) is 0 Å². The molecule has 1 unspecified atom stereocenters. The number of carbonyl (C=O) groups excluding carboxylic acids is 1. The fourth-order valence-electron chi connectivity index (χ4n) is 3.64. The van der Waals surface area contributed by atoms with Crippen molar-refractivity contribution < 1.29 is 9.53 Å². The summed E-state index contributed by atoms with van der Waals surface area (Å²) in [6.45, 7) is 3.25. The molecule has 0 aromatic carbocycles. The number of nitrogens with zero attached hydrogens (tertiary/aromatic N) is 3. The van der Waals surface area contributed by atoms with E-state index in [9.17, 15) is 4.79 Å². The molecule has 24 heavy (non-hydrogen) atoms. The molecule has 2 aliphatic heterocycles. The number of aromatic nitrogens is 2. The Hall–Kier alpha value is -1.69. The largest absolute Gasteiger partial charge is 0.381 e. The van der Waals surface area contributed by atoms with E-state index in [0.717, 1.165) is 63.6 Å². The van der Waals surface area contributed by atoms with Gasteiger partial charge in [-0.05, 0) is 44.6 Å². The number of anilines is 1. The first-order chi connectivity index (χ1) is 11.8. The molecule has 2 saturated heterocycles. The maximum absolute atomic E-state index is 12.6. The highest BCUT2D eigenvalue weighted by atomic mass is 16.5. The lowest BCUT2D eigenvalue weighted by Gasteiger charge is -2.34. The van der Waals surface area contributed by atoms with Crippen LogP contribution < -0.4 is 10.2 Å². The summed E-state index contributed by atoms with van der Waals surface area (Å²) in [6, 6.07) is 2.26. The molecule has 1 aromatic rings. The molecule has 1 N–H and O–H groups in total. The molecular formula is C18H26N4O2. The first-order valence-electron chi connectivity index (χ1n) is 9.25. The predicted octanol–water partition coefficient (Wildman–Crippen LogP) is 1.87. The minimum atomic E-state index is 0.0564. The number of amides is 1. The molecule has 1 saturated carbocycles. The molecule has 1 aromatic heterocycles. The molecule has 130 valence electrons. The normalized spacial score (nSPS) is 25.5. The van der Waals surface area contributed by atoms with Crippen LogP contribution in [-0.4, -0.2) is 48.2 Å². The van der Waals surface area contributed by atoms with Crippen LogP contribution in [-0.2, 0) is 9.53 Å². The zero-order valence-corrected chi connectivity index (χ0v) is 14.1. The SMILES string of the molecule is O=C(NC1CCOCC1)C1CCCN(c2ccnc(C3CC3)n2)C1. The molecular weight excluding hydrogens is 304 g/mol. The fourth-order valence-corrected chi connectivity index (χ4v) is 3.64. The van der Waals surface area contributed by atoms with Crippen LogP contribution >= 0.6 is 0 Å². The third-order valence-electron chi connectivity index (χ3n) is 5.29. The van der Waals surface area contributed by atoms with Crippen molar-refractivity contribution in [2.24, 2.45) is 5.92 Å². The van der Waals surface area contributed by atoms with E-state index in [2.05, 4.69) is 15.2 Å². The summed E-state index contributed by atoms with van der Waals surface area (Å²) in [6.07, 6.45) is 8.14. The Bertz CT molecular complexity index is 584. The minimum Gasteiger partial charge on any atom is -0.381 e. The van der Waals surface area contributed by atoms with E-state index >= 15 is 0 Å². The van der Waals surface area contributed by atoms with Crippen molar-refractivity contribution in [3.05, 3.63) is 18.1 Å². The molecule has 0 spiro atoms. The van der Waals surface area contributed by atoms with Gasteiger partial charge in [-0.25, -0.2) is 9.97 Å². The molecule has 3 heterocycles. The molecule has 6 nitrogen and oxygen atoms in total. The lowest BCUT2D eigenvalue weighted by atomic mass is 9.96. The molecule has 0 radical (unpaired) electrons. The van der Waals surface area contributed by atoms with Crippen molar-refractivity contribution in [2.75, 3.05) is 31.2 Å². The number of hydrogen-bond acceptors (Lipinski definition) is 5. The Balaban J connectivity index is 1.37.